The summed E-state index contributed by atoms with van der Waals surface area (Å²) in [5, 5.41) is 6.15. The lowest BCUT2D eigenvalue weighted by molar-refractivity contribution is 0.249. The summed E-state index contributed by atoms with van der Waals surface area (Å²) in [6.45, 7) is 3.86. The Kier molecular flexibility index (Phi) is 3.88. The fraction of sp³-hybridized carbons (Fsp3) is 0.250. The molecule has 0 aliphatic carbocycles. The van der Waals surface area contributed by atoms with Gasteiger partial charge in [-0.25, -0.2) is 9.78 Å². The molecule has 0 aliphatic heterocycles. The maximum Gasteiger partial charge on any atom is 0.321 e. The van der Waals surface area contributed by atoms with E-state index in [0.29, 0.717) is 5.13 Å². The Balaban J connectivity index is 1.92. The average Bonchev–Trinajstić information content (AvgIpc) is 2.75. The van der Waals surface area contributed by atoms with Gasteiger partial charge >= 0.3 is 6.03 Å². The number of hydrogen-bond acceptors (Lipinski definition) is 4. The van der Waals surface area contributed by atoms with Crippen LogP contribution >= 0.6 is 11.3 Å². The lowest BCUT2D eigenvalue weighted by atomic mass is 10.1. The van der Waals surface area contributed by atoms with Crippen LogP contribution in [0.4, 0.5) is 9.93 Å². The van der Waals surface area contributed by atoms with Gasteiger partial charge in [-0.1, -0.05) is 0 Å². The topological polar surface area (TPSA) is 66.9 Å². The molecule has 2 aromatic heterocycles. The summed E-state index contributed by atoms with van der Waals surface area (Å²) < 4.78 is 0. The van der Waals surface area contributed by atoms with Crippen molar-refractivity contribution in [3.8, 4) is 0 Å². The van der Waals surface area contributed by atoms with Gasteiger partial charge in [0.2, 0.25) is 0 Å². The van der Waals surface area contributed by atoms with Crippen molar-refractivity contribution >= 4 is 22.5 Å². The number of thiazole rings is 1. The summed E-state index contributed by atoms with van der Waals surface area (Å²) in [4.78, 5) is 20.8. The van der Waals surface area contributed by atoms with E-state index < -0.39 is 0 Å². The molecule has 1 unspecified atom stereocenters. The zero-order chi connectivity index (χ0) is 13.0. The molecule has 0 saturated heterocycles. The van der Waals surface area contributed by atoms with Gasteiger partial charge in [0.15, 0.2) is 5.13 Å². The lowest BCUT2D eigenvalue weighted by Gasteiger charge is -2.13. The van der Waals surface area contributed by atoms with Crippen molar-refractivity contribution in [3.05, 3.63) is 41.2 Å². The number of carbonyl (C=O) groups excluding carboxylic acids is 1. The molecule has 0 fully saturated rings. The monoisotopic (exact) mass is 262 g/mol. The van der Waals surface area contributed by atoms with Crippen molar-refractivity contribution in [2.75, 3.05) is 5.32 Å². The number of urea groups is 1. The average molecular weight is 262 g/mol. The molecule has 0 saturated carbocycles. The second-order valence-electron chi connectivity index (χ2n) is 3.88. The summed E-state index contributed by atoms with van der Waals surface area (Å²) >= 11 is 1.45. The Morgan fingerprint density at radius 3 is 2.72 bits per heavy atom. The van der Waals surface area contributed by atoms with Crippen LogP contribution in [-0.2, 0) is 0 Å². The number of aromatic nitrogens is 2. The molecule has 2 rings (SSSR count). The molecule has 1 atom stereocenters. The van der Waals surface area contributed by atoms with Gasteiger partial charge in [-0.3, -0.25) is 10.3 Å². The number of hydrogen-bond donors (Lipinski definition) is 2. The van der Waals surface area contributed by atoms with E-state index in [-0.39, 0.29) is 12.1 Å². The molecule has 0 radical (unpaired) electrons. The quantitative estimate of drug-likeness (QED) is 0.893. The SMILES string of the molecule is Cc1cnc(NC(=O)NC(C)c2ccncc2)s1. The first kappa shape index (κ1) is 12.5. The third-order valence-corrected chi connectivity index (χ3v) is 3.22. The molecule has 0 spiro atoms. The molecule has 2 heterocycles. The van der Waals surface area contributed by atoms with Crippen molar-refractivity contribution in [2.24, 2.45) is 0 Å². The van der Waals surface area contributed by atoms with Gasteiger partial charge in [0.05, 0.1) is 6.04 Å². The highest BCUT2D eigenvalue weighted by molar-refractivity contribution is 7.15. The van der Waals surface area contributed by atoms with E-state index >= 15 is 0 Å². The third-order valence-electron chi connectivity index (χ3n) is 2.40. The Morgan fingerprint density at radius 1 is 1.39 bits per heavy atom. The Morgan fingerprint density at radius 2 is 2.11 bits per heavy atom. The first-order valence-corrected chi connectivity index (χ1v) is 6.36. The first-order valence-electron chi connectivity index (χ1n) is 5.55. The van der Waals surface area contributed by atoms with Crippen LogP contribution in [0.15, 0.2) is 30.7 Å². The Hall–Kier alpha value is -1.95. The maximum atomic E-state index is 11.7. The molecule has 2 amide bonds. The normalized spacial score (nSPS) is 11.9. The number of pyridine rings is 1. The van der Waals surface area contributed by atoms with Crippen molar-refractivity contribution in [2.45, 2.75) is 19.9 Å². The van der Waals surface area contributed by atoms with Crippen LogP contribution in [0.3, 0.4) is 0 Å². The van der Waals surface area contributed by atoms with E-state index in [4.69, 9.17) is 0 Å². The largest absolute Gasteiger partial charge is 0.331 e. The molecule has 0 bridgehead atoms. The summed E-state index contributed by atoms with van der Waals surface area (Å²) in [5.41, 5.74) is 1.01. The van der Waals surface area contributed by atoms with E-state index in [1.807, 2.05) is 26.0 Å². The van der Waals surface area contributed by atoms with Crippen molar-refractivity contribution in [1.82, 2.24) is 15.3 Å². The molecule has 6 heteroatoms. The molecule has 2 aromatic rings. The van der Waals surface area contributed by atoms with Crippen molar-refractivity contribution < 1.29 is 4.79 Å². The highest BCUT2D eigenvalue weighted by Gasteiger charge is 2.10. The number of nitrogens with zero attached hydrogens (tertiary/aromatic N) is 2. The predicted molar refractivity (Wildman–Crippen MR) is 71.7 cm³/mol. The minimum Gasteiger partial charge on any atom is -0.331 e. The molecular weight excluding hydrogens is 248 g/mol. The maximum absolute atomic E-state index is 11.7. The van der Waals surface area contributed by atoms with Crippen LogP contribution < -0.4 is 10.6 Å². The summed E-state index contributed by atoms with van der Waals surface area (Å²) in [5.74, 6) is 0. The number of nitrogens with one attached hydrogen (secondary N) is 2. The van der Waals surface area contributed by atoms with Gasteiger partial charge in [0.25, 0.3) is 0 Å². The predicted octanol–water partition coefficient (Wildman–Crippen LogP) is 2.73. The summed E-state index contributed by atoms with van der Waals surface area (Å²) in [6.07, 6.45) is 5.14. The Bertz CT molecular complexity index is 526. The first-order chi connectivity index (χ1) is 8.65. The number of aryl methyl sites for hydroxylation is 1. The minimum atomic E-state index is -0.256. The van der Waals surface area contributed by atoms with Gasteiger partial charge in [0, 0.05) is 23.5 Å². The molecule has 5 nitrogen and oxygen atoms in total. The van der Waals surface area contributed by atoms with Gasteiger partial charge in [-0.2, -0.15) is 0 Å². The Labute approximate surface area is 109 Å². The molecule has 18 heavy (non-hydrogen) atoms. The molecule has 0 aromatic carbocycles. The standard InChI is InChI=1S/C12H14N4OS/c1-8-7-14-12(18-8)16-11(17)15-9(2)10-3-5-13-6-4-10/h3-7,9H,1-2H3,(H2,14,15,16,17). The highest BCUT2D eigenvalue weighted by atomic mass is 32.1. The van der Waals surface area contributed by atoms with E-state index in [2.05, 4.69) is 20.6 Å². The van der Waals surface area contributed by atoms with Crippen LogP contribution in [0.5, 0.6) is 0 Å². The number of anilines is 1. The summed E-state index contributed by atoms with van der Waals surface area (Å²) in [7, 11) is 0. The van der Waals surface area contributed by atoms with E-state index in [1.165, 1.54) is 11.3 Å². The van der Waals surface area contributed by atoms with Crippen LogP contribution in [0.25, 0.3) is 0 Å². The van der Waals surface area contributed by atoms with Crippen LogP contribution in [-0.4, -0.2) is 16.0 Å². The fourth-order valence-electron chi connectivity index (χ4n) is 1.48. The minimum absolute atomic E-state index is 0.0749. The number of amides is 2. The number of carbonyl (C=O) groups is 1. The van der Waals surface area contributed by atoms with Gasteiger partial charge in [-0.15, -0.1) is 11.3 Å². The van der Waals surface area contributed by atoms with Crippen LogP contribution in [0.1, 0.15) is 23.4 Å². The summed E-state index contributed by atoms with van der Waals surface area (Å²) in [6, 6.07) is 3.42. The molecule has 94 valence electrons. The van der Waals surface area contributed by atoms with Gasteiger partial charge < -0.3 is 5.32 Å². The molecule has 0 aliphatic rings. The third kappa shape index (κ3) is 3.27. The fourth-order valence-corrected chi connectivity index (χ4v) is 2.14. The highest BCUT2D eigenvalue weighted by Crippen LogP contribution is 2.17. The van der Waals surface area contributed by atoms with E-state index in [9.17, 15) is 4.79 Å². The van der Waals surface area contributed by atoms with Crippen LogP contribution in [0, 0.1) is 6.92 Å². The molecular formula is C12H14N4OS. The van der Waals surface area contributed by atoms with Gasteiger partial charge in [-0.05, 0) is 31.5 Å². The zero-order valence-corrected chi connectivity index (χ0v) is 11.0. The second kappa shape index (κ2) is 5.59. The van der Waals surface area contributed by atoms with E-state index in [1.54, 1.807) is 18.6 Å². The van der Waals surface area contributed by atoms with Crippen molar-refractivity contribution in [3.63, 3.8) is 0 Å². The van der Waals surface area contributed by atoms with E-state index in [0.717, 1.165) is 10.4 Å². The zero-order valence-electron chi connectivity index (χ0n) is 10.2. The smallest absolute Gasteiger partial charge is 0.321 e. The van der Waals surface area contributed by atoms with Crippen LogP contribution in [0.2, 0.25) is 0 Å². The van der Waals surface area contributed by atoms with Gasteiger partial charge in [0.1, 0.15) is 0 Å². The molecule has 2 N–H and O–H groups in total. The second-order valence-corrected chi connectivity index (χ2v) is 5.11. The number of rotatable bonds is 3. The van der Waals surface area contributed by atoms with Crippen molar-refractivity contribution in [1.29, 1.82) is 0 Å². The lowest BCUT2D eigenvalue weighted by Crippen LogP contribution is -2.31.